The molecule has 1 aliphatic carbocycles. The van der Waals surface area contributed by atoms with Gasteiger partial charge in [-0.05, 0) is 45.4 Å². The first kappa shape index (κ1) is 14.3. The van der Waals surface area contributed by atoms with Gasteiger partial charge < -0.3 is 15.7 Å². The van der Waals surface area contributed by atoms with Gasteiger partial charge in [0.25, 0.3) is 0 Å². The number of piperidine rings is 1. The molecule has 0 bridgehead atoms. The van der Waals surface area contributed by atoms with Crippen LogP contribution < -0.4 is 5.73 Å². The van der Waals surface area contributed by atoms with Crippen molar-refractivity contribution in [3.05, 3.63) is 0 Å². The zero-order chi connectivity index (χ0) is 14.0. The van der Waals surface area contributed by atoms with Crippen molar-refractivity contribution < 1.29 is 14.7 Å². The Morgan fingerprint density at radius 1 is 1.11 bits per heavy atom. The number of carbonyl (C=O) groups is 2. The van der Waals surface area contributed by atoms with Gasteiger partial charge in [-0.2, -0.15) is 0 Å². The van der Waals surface area contributed by atoms with Crippen LogP contribution in [0.1, 0.15) is 45.4 Å². The molecule has 0 aromatic carbocycles. The number of carboxylic acids is 1. The Bertz CT molecular complexity index is 351. The van der Waals surface area contributed by atoms with Gasteiger partial charge in [0.1, 0.15) is 0 Å². The number of likely N-dealkylation sites (tertiary alicyclic amines) is 1. The minimum Gasteiger partial charge on any atom is -0.481 e. The highest BCUT2D eigenvalue weighted by Gasteiger charge is 2.35. The monoisotopic (exact) mass is 268 g/mol. The summed E-state index contributed by atoms with van der Waals surface area (Å²) in [6, 6.07) is 0.289. The fourth-order valence-corrected chi connectivity index (χ4v) is 3.32. The van der Waals surface area contributed by atoms with E-state index in [-0.39, 0.29) is 29.8 Å². The molecule has 1 heterocycles. The van der Waals surface area contributed by atoms with Gasteiger partial charge in [-0.1, -0.05) is 0 Å². The van der Waals surface area contributed by atoms with Gasteiger partial charge in [-0.3, -0.25) is 9.59 Å². The van der Waals surface area contributed by atoms with Gasteiger partial charge in [0.2, 0.25) is 5.91 Å². The lowest BCUT2D eigenvalue weighted by atomic mass is 9.84. The molecule has 19 heavy (non-hydrogen) atoms. The SMILES string of the molecule is CC1CC(C(=O)O)CCN1C(=O)C1CCC(N)CC1. The van der Waals surface area contributed by atoms with Gasteiger partial charge in [0.05, 0.1) is 5.92 Å². The van der Waals surface area contributed by atoms with Crippen LogP contribution in [0.4, 0.5) is 0 Å². The molecule has 0 aromatic heterocycles. The minimum absolute atomic E-state index is 0.0398. The normalized spacial score (nSPS) is 36.0. The van der Waals surface area contributed by atoms with E-state index in [2.05, 4.69) is 0 Å². The van der Waals surface area contributed by atoms with Gasteiger partial charge >= 0.3 is 5.97 Å². The minimum atomic E-state index is -0.734. The van der Waals surface area contributed by atoms with E-state index in [9.17, 15) is 9.59 Å². The van der Waals surface area contributed by atoms with Crippen molar-refractivity contribution in [3.8, 4) is 0 Å². The number of hydrogen-bond donors (Lipinski definition) is 2. The number of hydrogen-bond acceptors (Lipinski definition) is 3. The topological polar surface area (TPSA) is 83.6 Å². The summed E-state index contributed by atoms with van der Waals surface area (Å²) in [5.41, 5.74) is 5.86. The average Bonchev–Trinajstić information content (AvgIpc) is 2.38. The van der Waals surface area contributed by atoms with Gasteiger partial charge in [0, 0.05) is 24.5 Å². The number of nitrogens with two attached hydrogens (primary N) is 1. The van der Waals surface area contributed by atoms with Gasteiger partial charge in [-0.15, -0.1) is 0 Å². The molecule has 1 saturated carbocycles. The van der Waals surface area contributed by atoms with Crippen LogP contribution in [0.5, 0.6) is 0 Å². The second-order valence-electron chi connectivity index (χ2n) is 6.05. The fraction of sp³-hybridized carbons (Fsp3) is 0.857. The van der Waals surface area contributed by atoms with Crippen molar-refractivity contribution in [2.45, 2.75) is 57.5 Å². The van der Waals surface area contributed by atoms with Crippen LogP contribution >= 0.6 is 0 Å². The molecule has 2 atom stereocenters. The summed E-state index contributed by atoms with van der Waals surface area (Å²) < 4.78 is 0. The van der Waals surface area contributed by atoms with Gasteiger partial charge in [-0.25, -0.2) is 0 Å². The first-order chi connectivity index (χ1) is 8.99. The summed E-state index contributed by atoms with van der Waals surface area (Å²) in [7, 11) is 0. The molecule has 2 rings (SSSR count). The highest BCUT2D eigenvalue weighted by atomic mass is 16.4. The summed E-state index contributed by atoms with van der Waals surface area (Å²) in [5, 5.41) is 9.04. The number of rotatable bonds is 2. The summed E-state index contributed by atoms with van der Waals surface area (Å²) in [4.78, 5) is 25.4. The summed E-state index contributed by atoms with van der Waals surface area (Å²) in [5.74, 6) is -0.715. The Morgan fingerprint density at radius 2 is 1.74 bits per heavy atom. The third kappa shape index (κ3) is 3.26. The number of carboxylic acid groups (broad SMARTS) is 1. The maximum atomic E-state index is 12.5. The first-order valence-electron chi connectivity index (χ1n) is 7.28. The number of amides is 1. The summed E-state index contributed by atoms with van der Waals surface area (Å²) in [6.45, 7) is 2.54. The van der Waals surface area contributed by atoms with Crippen LogP contribution in [0.3, 0.4) is 0 Å². The van der Waals surface area contributed by atoms with Crippen LogP contribution in [0, 0.1) is 11.8 Å². The average molecular weight is 268 g/mol. The quantitative estimate of drug-likeness (QED) is 0.788. The third-order valence-corrected chi connectivity index (χ3v) is 4.63. The number of carbonyl (C=O) groups excluding carboxylic acids is 1. The molecule has 0 aromatic rings. The highest BCUT2D eigenvalue weighted by molar-refractivity contribution is 5.80. The van der Waals surface area contributed by atoms with Crippen molar-refractivity contribution in [3.63, 3.8) is 0 Å². The number of nitrogens with zero attached hydrogens (tertiary/aromatic N) is 1. The van der Waals surface area contributed by atoms with E-state index in [4.69, 9.17) is 10.8 Å². The standard InChI is InChI=1S/C14H24N2O3/c1-9-8-11(14(18)19)6-7-16(9)13(17)10-2-4-12(15)5-3-10/h9-12H,2-8,15H2,1H3,(H,18,19). The van der Waals surface area contributed by atoms with Crippen molar-refractivity contribution in [1.82, 2.24) is 4.90 Å². The molecule has 0 radical (unpaired) electrons. The Hall–Kier alpha value is -1.10. The van der Waals surface area contributed by atoms with Crippen molar-refractivity contribution in [2.24, 2.45) is 17.6 Å². The lowest BCUT2D eigenvalue weighted by Gasteiger charge is -2.39. The molecule has 2 aliphatic rings. The predicted octanol–water partition coefficient (Wildman–Crippen LogP) is 1.22. The van der Waals surface area contributed by atoms with Crippen LogP contribution in [-0.2, 0) is 9.59 Å². The largest absolute Gasteiger partial charge is 0.481 e. The predicted molar refractivity (Wildman–Crippen MR) is 71.5 cm³/mol. The maximum absolute atomic E-state index is 12.5. The molecule has 2 fully saturated rings. The third-order valence-electron chi connectivity index (χ3n) is 4.63. The molecule has 108 valence electrons. The van der Waals surface area contributed by atoms with Crippen LogP contribution in [0.2, 0.25) is 0 Å². The van der Waals surface area contributed by atoms with Crippen LogP contribution in [-0.4, -0.2) is 40.5 Å². The van der Waals surface area contributed by atoms with Crippen molar-refractivity contribution in [1.29, 1.82) is 0 Å². The van der Waals surface area contributed by atoms with Crippen molar-refractivity contribution >= 4 is 11.9 Å². The maximum Gasteiger partial charge on any atom is 0.306 e. The van der Waals surface area contributed by atoms with E-state index in [1.807, 2.05) is 11.8 Å². The molecule has 5 heteroatoms. The lowest BCUT2D eigenvalue weighted by molar-refractivity contribution is -0.149. The van der Waals surface area contributed by atoms with E-state index in [1.54, 1.807) is 0 Å². The Kier molecular flexibility index (Phi) is 4.45. The van der Waals surface area contributed by atoms with E-state index in [0.717, 1.165) is 25.7 Å². The van der Waals surface area contributed by atoms with E-state index >= 15 is 0 Å². The Labute approximate surface area is 114 Å². The molecule has 2 unspecified atom stereocenters. The second kappa shape index (κ2) is 5.90. The molecule has 1 saturated heterocycles. The van der Waals surface area contributed by atoms with E-state index in [0.29, 0.717) is 19.4 Å². The summed E-state index contributed by atoms with van der Waals surface area (Å²) >= 11 is 0. The molecular formula is C14H24N2O3. The molecule has 5 nitrogen and oxygen atoms in total. The highest BCUT2D eigenvalue weighted by Crippen LogP contribution is 2.29. The molecule has 3 N–H and O–H groups in total. The Balaban J connectivity index is 1.91. The zero-order valence-electron chi connectivity index (χ0n) is 11.5. The van der Waals surface area contributed by atoms with Crippen LogP contribution in [0.25, 0.3) is 0 Å². The lowest BCUT2D eigenvalue weighted by Crippen LogP contribution is -2.49. The number of aliphatic carboxylic acids is 1. The van der Waals surface area contributed by atoms with Crippen LogP contribution in [0.15, 0.2) is 0 Å². The zero-order valence-corrected chi connectivity index (χ0v) is 11.5. The van der Waals surface area contributed by atoms with E-state index < -0.39 is 5.97 Å². The summed E-state index contributed by atoms with van der Waals surface area (Å²) in [6.07, 6.45) is 4.77. The fourth-order valence-electron chi connectivity index (χ4n) is 3.32. The van der Waals surface area contributed by atoms with Gasteiger partial charge in [0.15, 0.2) is 0 Å². The van der Waals surface area contributed by atoms with Crippen molar-refractivity contribution in [2.75, 3.05) is 6.54 Å². The first-order valence-corrected chi connectivity index (χ1v) is 7.28. The molecule has 1 aliphatic heterocycles. The Morgan fingerprint density at radius 3 is 2.26 bits per heavy atom. The smallest absolute Gasteiger partial charge is 0.306 e. The van der Waals surface area contributed by atoms with E-state index in [1.165, 1.54) is 0 Å². The molecule has 0 spiro atoms. The second-order valence-corrected chi connectivity index (χ2v) is 6.05. The molecule has 1 amide bonds. The molecular weight excluding hydrogens is 244 g/mol.